The van der Waals surface area contributed by atoms with Crippen molar-refractivity contribution in [2.45, 2.75) is 52.4 Å². The second-order valence-electron chi connectivity index (χ2n) is 5.22. The summed E-state index contributed by atoms with van der Waals surface area (Å²) in [6.07, 6.45) is 7.01. The summed E-state index contributed by atoms with van der Waals surface area (Å²) in [6, 6.07) is 0. The summed E-state index contributed by atoms with van der Waals surface area (Å²) in [4.78, 5) is 2.59. The zero-order chi connectivity index (χ0) is 12.0. The first kappa shape index (κ1) is 13.5. The lowest BCUT2D eigenvalue weighted by atomic mass is 9.82. The summed E-state index contributed by atoms with van der Waals surface area (Å²) in [5.74, 6) is 0.331. The predicted octanol–water partition coefficient (Wildman–Crippen LogP) is 2.60. The van der Waals surface area contributed by atoms with E-state index in [1.807, 2.05) is 0 Å². The van der Waals surface area contributed by atoms with E-state index < -0.39 is 0 Å². The van der Waals surface area contributed by atoms with Crippen LogP contribution < -0.4 is 5.73 Å². The third kappa shape index (κ3) is 3.78. The maximum absolute atomic E-state index is 7.17. The highest BCUT2D eigenvalue weighted by molar-refractivity contribution is 5.76. The molecule has 16 heavy (non-hydrogen) atoms. The molecule has 0 spiro atoms. The molecule has 0 unspecified atom stereocenters. The Kier molecular flexibility index (Phi) is 5.26. The highest BCUT2D eigenvalue weighted by Crippen LogP contribution is 2.36. The van der Waals surface area contributed by atoms with Gasteiger partial charge in [-0.05, 0) is 50.6 Å². The molecule has 0 aliphatic carbocycles. The lowest BCUT2D eigenvalue weighted by molar-refractivity contribution is 0.238. The number of nitrogens with one attached hydrogen (secondary N) is 1. The van der Waals surface area contributed by atoms with Crippen LogP contribution >= 0.6 is 0 Å². The Morgan fingerprint density at radius 1 is 1.31 bits per heavy atom. The highest BCUT2D eigenvalue weighted by atomic mass is 15.2. The van der Waals surface area contributed by atoms with Gasteiger partial charge >= 0.3 is 0 Å². The van der Waals surface area contributed by atoms with Crippen LogP contribution in [0, 0.1) is 10.8 Å². The minimum Gasteiger partial charge on any atom is -0.388 e. The van der Waals surface area contributed by atoms with Gasteiger partial charge in [0.25, 0.3) is 0 Å². The van der Waals surface area contributed by atoms with Gasteiger partial charge in [0.2, 0.25) is 0 Å². The third-order valence-electron chi connectivity index (χ3n) is 4.19. The molecule has 0 aromatic carbocycles. The second kappa shape index (κ2) is 6.24. The van der Waals surface area contributed by atoms with Crippen LogP contribution in [0.4, 0.5) is 0 Å². The van der Waals surface area contributed by atoms with Crippen molar-refractivity contribution in [1.29, 1.82) is 5.41 Å². The topological polar surface area (TPSA) is 53.1 Å². The van der Waals surface area contributed by atoms with Gasteiger partial charge in [-0.3, -0.25) is 5.41 Å². The SMILES string of the molecule is CCC1(CC)CCN(CCCCC(=N)N)C1. The fourth-order valence-corrected chi connectivity index (χ4v) is 2.70. The van der Waals surface area contributed by atoms with E-state index in [1.165, 1.54) is 45.3 Å². The zero-order valence-electron chi connectivity index (χ0n) is 10.9. The Bertz CT molecular complexity index is 221. The predicted molar refractivity (Wildman–Crippen MR) is 69.8 cm³/mol. The molecule has 1 aliphatic heterocycles. The zero-order valence-corrected chi connectivity index (χ0v) is 10.9. The Labute approximate surface area is 99.9 Å². The average molecular weight is 225 g/mol. The molecular formula is C13H27N3. The molecule has 0 aromatic heterocycles. The van der Waals surface area contributed by atoms with E-state index in [0.29, 0.717) is 11.3 Å². The standard InChI is InChI=1S/C13H27N3/c1-3-13(4-2)8-10-16(11-13)9-6-5-7-12(14)15/h3-11H2,1-2H3,(H3,14,15). The van der Waals surface area contributed by atoms with Gasteiger partial charge in [0.15, 0.2) is 0 Å². The lowest BCUT2D eigenvalue weighted by Crippen LogP contribution is -2.27. The first-order chi connectivity index (χ1) is 7.62. The van der Waals surface area contributed by atoms with E-state index in [9.17, 15) is 0 Å². The van der Waals surface area contributed by atoms with Crippen LogP contribution in [-0.4, -0.2) is 30.4 Å². The van der Waals surface area contributed by atoms with Gasteiger partial charge < -0.3 is 10.6 Å². The minimum absolute atomic E-state index is 0.331. The van der Waals surface area contributed by atoms with E-state index in [1.54, 1.807) is 0 Å². The fraction of sp³-hybridized carbons (Fsp3) is 0.923. The monoisotopic (exact) mass is 225 g/mol. The molecule has 1 aliphatic rings. The fourth-order valence-electron chi connectivity index (χ4n) is 2.70. The van der Waals surface area contributed by atoms with E-state index in [-0.39, 0.29) is 0 Å². The van der Waals surface area contributed by atoms with Crippen LogP contribution in [0.1, 0.15) is 52.4 Å². The Morgan fingerprint density at radius 3 is 2.50 bits per heavy atom. The number of likely N-dealkylation sites (tertiary alicyclic amines) is 1. The summed E-state index contributed by atoms with van der Waals surface area (Å²) in [6.45, 7) is 8.38. The largest absolute Gasteiger partial charge is 0.388 e. The molecule has 0 atom stereocenters. The van der Waals surface area contributed by atoms with Crippen LogP contribution in [0.5, 0.6) is 0 Å². The number of hydrogen-bond donors (Lipinski definition) is 2. The molecule has 1 saturated heterocycles. The molecule has 0 saturated carbocycles. The van der Waals surface area contributed by atoms with Gasteiger partial charge in [-0.15, -0.1) is 0 Å². The van der Waals surface area contributed by atoms with E-state index >= 15 is 0 Å². The van der Waals surface area contributed by atoms with Crippen LogP contribution in [0.2, 0.25) is 0 Å². The van der Waals surface area contributed by atoms with Gasteiger partial charge in [-0.1, -0.05) is 13.8 Å². The summed E-state index contributed by atoms with van der Waals surface area (Å²) < 4.78 is 0. The maximum Gasteiger partial charge on any atom is 0.0905 e. The summed E-state index contributed by atoms with van der Waals surface area (Å²) in [7, 11) is 0. The van der Waals surface area contributed by atoms with Crippen molar-refractivity contribution in [3.8, 4) is 0 Å². The molecule has 1 fully saturated rings. The van der Waals surface area contributed by atoms with Crippen molar-refractivity contribution in [3.63, 3.8) is 0 Å². The maximum atomic E-state index is 7.17. The number of nitrogens with zero attached hydrogens (tertiary/aromatic N) is 1. The molecule has 3 nitrogen and oxygen atoms in total. The van der Waals surface area contributed by atoms with Crippen LogP contribution in [0.3, 0.4) is 0 Å². The van der Waals surface area contributed by atoms with E-state index in [2.05, 4.69) is 18.7 Å². The minimum atomic E-state index is 0.331. The van der Waals surface area contributed by atoms with Crippen LogP contribution in [0.15, 0.2) is 0 Å². The molecule has 1 heterocycles. The Balaban J connectivity index is 2.18. The summed E-state index contributed by atoms with van der Waals surface area (Å²) >= 11 is 0. The molecular weight excluding hydrogens is 198 g/mol. The molecule has 0 bridgehead atoms. The van der Waals surface area contributed by atoms with Crippen molar-refractivity contribution in [2.75, 3.05) is 19.6 Å². The highest BCUT2D eigenvalue weighted by Gasteiger charge is 2.34. The first-order valence-electron chi connectivity index (χ1n) is 6.67. The number of rotatable bonds is 7. The number of hydrogen-bond acceptors (Lipinski definition) is 2. The Morgan fingerprint density at radius 2 is 2.00 bits per heavy atom. The smallest absolute Gasteiger partial charge is 0.0905 e. The summed E-state index contributed by atoms with van der Waals surface area (Å²) in [5.41, 5.74) is 5.94. The van der Waals surface area contributed by atoms with Gasteiger partial charge in [0.05, 0.1) is 5.84 Å². The van der Waals surface area contributed by atoms with E-state index in [0.717, 1.165) is 12.8 Å². The molecule has 0 radical (unpaired) electrons. The van der Waals surface area contributed by atoms with E-state index in [4.69, 9.17) is 11.1 Å². The number of nitrogens with two attached hydrogens (primary N) is 1. The van der Waals surface area contributed by atoms with Crippen molar-refractivity contribution in [3.05, 3.63) is 0 Å². The normalized spacial score (nSPS) is 20.1. The lowest BCUT2D eigenvalue weighted by Gasteiger charge is -2.26. The average Bonchev–Trinajstić information content (AvgIpc) is 2.69. The Hall–Kier alpha value is -0.570. The molecule has 94 valence electrons. The van der Waals surface area contributed by atoms with Crippen LogP contribution in [0.25, 0.3) is 0 Å². The van der Waals surface area contributed by atoms with Crippen molar-refractivity contribution >= 4 is 5.84 Å². The first-order valence-corrected chi connectivity index (χ1v) is 6.67. The molecule has 0 amide bonds. The number of amidine groups is 1. The molecule has 0 aromatic rings. The van der Waals surface area contributed by atoms with Crippen LogP contribution in [-0.2, 0) is 0 Å². The van der Waals surface area contributed by atoms with Crippen molar-refractivity contribution in [1.82, 2.24) is 4.90 Å². The third-order valence-corrected chi connectivity index (χ3v) is 4.19. The molecule has 3 heteroatoms. The quantitative estimate of drug-likeness (QED) is 0.397. The van der Waals surface area contributed by atoms with Crippen molar-refractivity contribution in [2.24, 2.45) is 11.1 Å². The van der Waals surface area contributed by atoms with Crippen molar-refractivity contribution < 1.29 is 0 Å². The van der Waals surface area contributed by atoms with Gasteiger partial charge in [0.1, 0.15) is 0 Å². The molecule has 3 N–H and O–H groups in total. The number of unbranched alkanes of at least 4 members (excludes halogenated alkanes) is 1. The van der Waals surface area contributed by atoms with Gasteiger partial charge in [0, 0.05) is 13.0 Å². The summed E-state index contributed by atoms with van der Waals surface area (Å²) in [5, 5.41) is 7.17. The second-order valence-corrected chi connectivity index (χ2v) is 5.22. The molecule has 1 rings (SSSR count). The van der Waals surface area contributed by atoms with Gasteiger partial charge in [-0.25, -0.2) is 0 Å². The van der Waals surface area contributed by atoms with Gasteiger partial charge in [-0.2, -0.15) is 0 Å².